The molecule has 1 rings (SSSR count). The van der Waals surface area contributed by atoms with E-state index in [1.165, 1.54) is 11.1 Å². The summed E-state index contributed by atoms with van der Waals surface area (Å²) in [6, 6.07) is 8.13. The second-order valence-corrected chi connectivity index (χ2v) is 5.10. The molecule has 0 aliphatic heterocycles. The summed E-state index contributed by atoms with van der Waals surface area (Å²) < 4.78 is 0. The van der Waals surface area contributed by atoms with Crippen LogP contribution < -0.4 is 10.6 Å². The number of nitrogens with one attached hydrogen (secondary N) is 2. The zero-order valence-electron chi connectivity index (χ0n) is 11.8. The molecule has 1 unspecified atom stereocenters. The van der Waals surface area contributed by atoms with Crippen molar-refractivity contribution in [3.63, 3.8) is 0 Å². The third kappa shape index (κ3) is 4.49. The average molecular weight is 248 g/mol. The maximum atomic E-state index is 11.8. The monoisotopic (exact) mass is 248 g/mol. The van der Waals surface area contributed by atoms with Gasteiger partial charge >= 0.3 is 0 Å². The fraction of sp³-hybridized carbons (Fsp3) is 0.533. The van der Waals surface area contributed by atoms with Gasteiger partial charge in [0.05, 0.1) is 6.04 Å². The van der Waals surface area contributed by atoms with E-state index in [1.807, 2.05) is 12.1 Å². The molecule has 0 saturated heterocycles. The van der Waals surface area contributed by atoms with Crippen LogP contribution >= 0.6 is 0 Å². The van der Waals surface area contributed by atoms with Gasteiger partial charge in [-0.3, -0.25) is 4.79 Å². The largest absolute Gasteiger partial charge is 0.358 e. The van der Waals surface area contributed by atoms with Gasteiger partial charge in [-0.15, -0.1) is 0 Å². The van der Waals surface area contributed by atoms with Crippen molar-refractivity contribution in [2.45, 2.75) is 39.8 Å². The molecule has 1 aromatic carbocycles. The second kappa shape index (κ2) is 7.17. The number of carbonyl (C=O) groups is 1. The highest BCUT2D eigenvalue weighted by Gasteiger charge is 2.17. The van der Waals surface area contributed by atoms with E-state index in [-0.39, 0.29) is 11.9 Å². The number of carbonyl (C=O) groups excluding carboxylic acids is 1. The number of rotatable bonds is 6. The molecule has 0 aliphatic rings. The quantitative estimate of drug-likeness (QED) is 0.810. The molecule has 3 nitrogen and oxygen atoms in total. The lowest BCUT2D eigenvalue weighted by atomic mass is 10.0. The van der Waals surface area contributed by atoms with Crippen molar-refractivity contribution in [3.8, 4) is 0 Å². The molecule has 0 saturated carbocycles. The highest BCUT2D eigenvalue weighted by Crippen LogP contribution is 2.09. The van der Waals surface area contributed by atoms with Crippen molar-refractivity contribution >= 4 is 5.91 Å². The Balaban J connectivity index is 2.62. The molecular formula is C15H24N2O. The van der Waals surface area contributed by atoms with Crippen LogP contribution in [0.25, 0.3) is 0 Å². The van der Waals surface area contributed by atoms with Gasteiger partial charge in [0, 0.05) is 13.6 Å². The van der Waals surface area contributed by atoms with Crippen LogP contribution in [0.15, 0.2) is 24.3 Å². The smallest absolute Gasteiger partial charge is 0.236 e. The zero-order chi connectivity index (χ0) is 13.5. The van der Waals surface area contributed by atoms with E-state index >= 15 is 0 Å². The Morgan fingerprint density at radius 1 is 1.28 bits per heavy atom. The highest BCUT2D eigenvalue weighted by molar-refractivity contribution is 5.81. The zero-order valence-corrected chi connectivity index (χ0v) is 11.8. The highest BCUT2D eigenvalue weighted by atomic mass is 16.2. The first-order valence-electron chi connectivity index (χ1n) is 6.54. The van der Waals surface area contributed by atoms with Crippen molar-refractivity contribution in [2.75, 3.05) is 7.05 Å². The van der Waals surface area contributed by atoms with Crippen LogP contribution in [0.4, 0.5) is 0 Å². The lowest BCUT2D eigenvalue weighted by molar-refractivity contribution is -0.123. The van der Waals surface area contributed by atoms with Crippen molar-refractivity contribution in [1.29, 1.82) is 0 Å². The molecule has 3 heteroatoms. The Morgan fingerprint density at radius 3 is 2.50 bits per heavy atom. The molecular weight excluding hydrogens is 224 g/mol. The first kappa shape index (κ1) is 14.7. The SMILES string of the molecule is CNC(=O)C(CC(C)C)NCc1ccccc1C. The Kier molecular flexibility index (Phi) is 5.86. The van der Waals surface area contributed by atoms with Gasteiger partial charge in [0.15, 0.2) is 0 Å². The predicted molar refractivity (Wildman–Crippen MR) is 75.3 cm³/mol. The van der Waals surface area contributed by atoms with Gasteiger partial charge in [-0.1, -0.05) is 38.1 Å². The van der Waals surface area contributed by atoms with Crippen LogP contribution in [0.5, 0.6) is 0 Å². The Bertz CT molecular complexity index is 388. The minimum absolute atomic E-state index is 0.0669. The molecule has 100 valence electrons. The molecule has 0 aromatic heterocycles. The molecule has 18 heavy (non-hydrogen) atoms. The van der Waals surface area contributed by atoms with E-state index in [0.717, 1.165) is 13.0 Å². The van der Waals surface area contributed by atoms with E-state index in [2.05, 4.69) is 43.5 Å². The molecule has 0 spiro atoms. The maximum absolute atomic E-state index is 11.8. The molecule has 0 aliphatic carbocycles. The standard InChI is InChI=1S/C15H24N2O/c1-11(2)9-14(15(18)16-4)17-10-13-8-6-5-7-12(13)3/h5-8,11,14,17H,9-10H2,1-4H3,(H,16,18). The van der Waals surface area contributed by atoms with Gasteiger partial charge in [-0.05, 0) is 30.4 Å². The van der Waals surface area contributed by atoms with Crippen LogP contribution in [-0.2, 0) is 11.3 Å². The topological polar surface area (TPSA) is 41.1 Å². The van der Waals surface area contributed by atoms with Crippen LogP contribution in [0.3, 0.4) is 0 Å². The van der Waals surface area contributed by atoms with Gasteiger partial charge in [0.25, 0.3) is 0 Å². The predicted octanol–water partition coefficient (Wildman–Crippen LogP) is 2.25. The van der Waals surface area contributed by atoms with Crippen LogP contribution in [0, 0.1) is 12.8 Å². The summed E-state index contributed by atoms with van der Waals surface area (Å²) in [4.78, 5) is 11.8. The molecule has 0 bridgehead atoms. The van der Waals surface area contributed by atoms with E-state index in [9.17, 15) is 4.79 Å². The third-order valence-electron chi connectivity index (χ3n) is 3.07. The number of benzene rings is 1. The fourth-order valence-corrected chi connectivity index (χ4v) is 1.97. The summed E-state index contributed by atoms with van der Waals surface area (Å²) in [7, 11) is 1.69. The number of amides is 1. The Hall–Kier alpha value is -1.35. The lowest BCUT2D eigenvalue weighted by Crippen LogP contribution is -2.43. The normalized spacial score (nSPS) is 12.5. The van der Waals surface area contributed by atoms with Crippen molar-refractivity contribution in [1.82, 2.24) is 10.6 Å². The minimum atomic E-state index is -0.116. The van der Waals surface area contributed by atoms with Crippen LogP contribution in [0.2, 0.25) is 0 Å². The Labute approximate surface area is 110 Å². The minimum Gasteiger partial charge on any atom is -0.358 e. The fourth-order valence-electron chi connectivity index (χ4n) is 1.97. The van der Waals surface area contributed by atoms with Gasteiger partial charge < -0.3 is 10.6 Å². The summed E-state index contributed by atoms with van der Waals surface area (Å²) in [5.74, 6) is 0.564. The summed E-state index contributed by atoms with van der Waals surface area (Å²) in [5.41, 5.74) is 2.50. The maximum Gasteiger partial charge on any atom is 0.236 e. The number of hydrogen-bond acceptors (Lipinski definition) is 2. The molecule has 0 heterocycles. The first-order valence-corrected chi connectivity index (χ1v) is 6.54. The number of aryl methyl sites for hydroxylation is 1. The van der Waals surface area contributed by atoms with Crippen molar-refractivity contribution in [3.05, 3.63) is 35.4 Å². The summed E-state index contributed by atoms with van der Waals surface area (Å²) >= 11 is 0. The molecule has 0 fully saturated rings. The lowest BCUT2D eigenvalue weighted by Gasteiger charge is -2.19. The second-order valence-electron chi connectivity index (χ2n) is 5.10. The molecule has 2 N–H and O–H groups in total. The van der Waals surface area contributed by atoms with E-state index in [4.69, 9.17) is 0 Å². The summed E-state index contributed by atoms with van der Waals surface area (Å²) in [6.07, 6.45) is 0.853. The van der Waals surface area contributed by atoms with E-state index < -0.39 is 0 Å². The molecule has 0 radical (unpaired) electrons. The first-order chi connectivity index (χ1) is 8.54. The molecule has 1 aromatic rings. The third-order valence-corrected chi connectivity index (χ3v) is 3.07. The van der Waals surface area contributed by atoms with Crippen LogP contribution in [-0.4, -0.2) is 19.0 Å². The Morgan fingerprint density at radius 2 is 1.94 bits per heavy atom. The van der Waals surface area contributed by atoms with Gasteiger partial charge in [-0.2, -0.15) is 0 Å². The number of hydrogen-bond donors (Lipinski definition) is 2. The number of likely N-dealkylation sites (N-methyl/N-ethyl adjacent to an activating group) is 1. The van der Waals surface area contributed by atoms with Gasteiger partial charge in [0.2, 0.25) is 5.91 Å². The van der Waals surface area contributed by atoms with Crippen LogP contribution in [0.1, 0.15) is 31.4 Å². The average Bonchev–Trinajstić information content (AvgIpc) is 2.34. The summed E-state index contributed by atoms with van der Waals surface area (Å²) in [5, 5.41) is 6.07. The molecule has 1 atom stereocenters. The van der Waals surface area contributed by atoms with Gasteiger partial charge in [-0.25, -0.2) is 0 Å². The van der Waals surface area contributed by atoms with Gasteiger partial charge in [0.1, 0.15) is 0 Å². The van der Waals surface area contributed by atoms with E-state index in [0.29, 0.717) is 5.92 Å². The van der Waals surface area contributed by atoms with Crippen molar-refractivity contribution < 1.29 is 4.79 Å². The van der Waals surface area contributed by atoms with Crippen molar-refractivity contribution in [2.24, 2.45) is 5.92 Å². The molecule has 1 amide bonds. The van der Waals surface area contributed by atoms with E-state index in [1.54, 1.807) is 7.05 Å². The summed E-state index contributed by atoms with van der Waals surface area (Å²) in [6.45, 7) is 7.09.